The standard InChI is InChI=1S/C20H24N2OS.2C2HF3O2/c1-16-4-2-5-17(8-16)11-22-14-20(15-22)9-19(13-24-20)23-12-18-6-3-7-21-10-18;2*3-2(4,5)1(6)7/h2-8,10,19H,9,11-15H2,1H3;2*(H,6,7). The van der Waals surface area contributed by atoms with Crippen LogP contribution in [0.5, 0.6) is 0 Å². The molecular formula is C24H26F6N2O5S. The Bertz CT molecular complexity index is 1040. The summed E-state index contributed by atoms with van der Waals surface area (Å²) in [5, 5.41) is 14.2. The van der Waals surface area contributed by atoms with Crippen LogP contribution >= 0.6 is 11.8 Å². The van der Waals surface area contributed by atoms with Crippen molar-refractivity contribution < 1.29 is 50.9 Å². The number of aryl methyl sites for hydroxylation is 1. The first-order valence-corrected chi connectivity index (χ1v) is 12.1. The number of carboxylic acid groups (broad SMARTS) is 2. The van der Waals surface area contributed by atoms with Crippen LogP contribution in [0.15, 0.2) is 48.8 Å². The average Bonchev–Trinajstić information content (AvgIpc) is 3.22. The lowest BCUT2D eigenvalue weighted by atomic mass is 9.92. The Morgan fingerprint density at radius 2 is 1.63 bits per heavy atom. The van der Waals surface area contributed by atoms with Gasteiger partial charge in [0.15, 0.2) is 0 Å². The normalized spacial score (nSPS) is 18.4. The monoisotopic (exact) mass is 568 g/mol. The van der Waals surface area contributed by atoms with Crippen molar-refractivity contribution in [1.82, 2.24) is 9.88 Å². The number of alkyl halides is 6. The van der Waals surface area contributed by atoms with Crippen LogP contribution in [0.25, 0.3) is 0 Å². The molecule has 0 aliphatic carbocycles. The summed E-state index contributed by atoms with van der Waals surface area (Å²) in [5.41, 5.74) is 3.94. The Morgan fingerprint density at radius 1 is 1.05 bits per heavy atom. The highest BCUT2D eigenvalue weighted by Gasteiger charge is 2.49. The minimum Gasteiger partial charge on any atom is -0.475 e. The second kappa shape index (κ2) is 13.3. The molecule has 2 aliphatic rings. The fraction of sp³-hybridized carbons (Fsp3) is 0.458. The summed E-state index contributed by atoms with van der Waals surface area (Å²) < 4.78 is 70.0. The third kappa shape index (κ3) is 10.5. The third-order valence-corrected chi connectivity index (χ3v) is 6.96. The van der Waals surface area contributed by atoms with Gasteiger partial charge in [-0.1, -0.05) is 35.9 Å². The van der Waals surface area contributed by atoms with E-state index in [1.807, 2.05) is 12.3 Å². The fourth-order valence-corrected chi connectivity index (χ4v) is 5.38. The number of rotatable bonds is 5. The van der Waals surface area contributed by atoms with E-state index in [1.165, 1.54) is 30.6 Å². The lowest BCUT2D eigenvalue weighted by Crippen LogP contribution is -2.58. The molecule has 1 unspecified atom stereocenters. The summed E-state index contributed by atoms with van der Waals surface area (Å²) in [6.07, 6.45) is -4.90. The van der Waals surface area contributed by atoms with Crippen molar-refractivity contribution in [3.63, 3.8) is 0 Å². The molecule has 2 fully saturated rings. The number of carbonyl (C=O) groups is 2. The Balaban J connectivity index is 0.000000301. The number of thioether (sulfide) groups is 1. The largest absolute Gasteiger partial charge is 0.490 e. The van der Waals surface area contributed by atoms with Crippen LogP contribution < -0.4 is 0 Å². The third-order valence-electron chi connectivity index (χ3n) is 5.38. The smallest absolute Gasteiger partial charge is 0.475 e. The van der Waals surface area contributed by atoms with Crippen molar-refractivity contribution in [3.05, 3.63) is 65.5 Å². The zero-order valence-electron chi connectivity index (χ0n) is 20.1. The van der Waals surface area contributed by atoms with Crippen molar-refractivity contribution in [2.75, 3.05) is 18.8 Å². The van der Waals surface area contributed by atoms with Crippen LogP contribution in [0, 0.1) is 6.92 Å². The fourth-order valence-electron chi connectivity index (χ4n) is 3.78. The molecule has 1 atom stereocenters. The molecule has 7 nitrogen and oxygen atoms in total. The van der Waals surface area contributed by atoms with Crippen LogP contribution in [0.4, 0.5) is 26.3 Å². The lowest BCUT2D eigenvalue weighted by Gasteiger charge is -2.47. The van der Waals surface area contributed by atoms with E-state index in [4.69, 9.17) is 24.5 Å². The first kappa shape index (κ1) is 31.4. The summed E-state index contributed by atoms with van der Waals surface area (Å²) in [7, 11) is 0. The van der Waals surface area contributed by atoms with Crippen LogP contribution in [0.1, 0.15) is 23.1 Å². The number of ether oxygens (including phenoxy) is 1. The van der Waals surface area contributed by atoms with E-state index in [0.717, 1.165) is 17.9 Å². The quantitative estimate of drug-likeness (QED) is 0.490. The van der Waals surface area contributed by atoms with Gasteiger partial charge >= 0.3 is 24.3 Å². The van der Waals surface area contributed by atoms with Gasteiger partial charge in [-0.05, 0) is 30.5 Å². The maximum Gasteiger partial charge on any atom is 0.490 e. The molecule has 0 amide bonds. The van der Waals surface area contributed by atoms with Gasteiger partial charge in [-0.25, -0.2) is 9.59 Å². The van der Waals surface area contributed by atoms with Crippen LogP contribution in [-0.2, 0) is 27.5 Å². The van der Waals surface area contributed by atoms with Crippen molar-refractivity contribution in [1.29, 1.82) is 0 Å². The molecule has 0 bridgehead atoms. The Kier molecular flexibility index (Phi) is 11.0. The highest BCUT2D eigenvalue weighted by molar-refractivity contribution is 8.01. The molecule has 2 aliphatic heterocycles. The van der Waals surface area contributed by atoms with Gasteiger partial charge in [0.2, 0.25) is 0 Å². The molecule has 0 saturated carbocycles. The van der Waals surface area contributed by atoms with E-state index in [-0.39, 0.29) is 0 Å². The minimum atomic E-state index is -5.08. The molecule has 1 spiro atoms. The number of halogens is 6. The number of benzene rings is 1. The first-order chi connectivity index (χ1) is 17.6. The van der Waals surface area contributed by atoms with E-state index in [1.54, 1.807) is 6.20 Å². The number of nitrogens with zero attached hydrogens (tertiary/aromatic N) is 2. The van der Waals surface area contributed by atoms with Crippen molar-refractivity contribution in [3.8, 4) is 0 Å². The summed E-state index contributed by atoms with van der Waals surface area (Å²) in [6.45, 7) is 6.31. The van der Waals surface area contributed by atoms with E-state index in [9.17, 15) is 26.3 Å². The molecule has 4 rings (SSSR count). The molecule has 2 N–H and O–H groups in total. The van der Waals surface area contributed by atoms with Gasteiger partial charge in [-0.2, -0.15) is 26.3 Å². The van der Waals surface area contributed by atoms with Gasteiger partial charge in [-0.3, -0.25) is 9.88 Å². The molecule has 2 aromatic rings. The highest BCUT2D eigenvalue weighted by atomic mass is 32.2. The van der Waals surface area contributed by atoms with Crippen LogP contribution in [0.3, 0.4) is 0 Å². The lowest BCUT2D eigenvalue weighted by molar-refractivity contribution is -0.193. The van der Waals surface area contributed by atoms with Gasteiger partial charge in [0, 0.05) is 42.5 Å². The van der Waals surface area contributed by atoms with E-state index < -0.39 is 24.3 Å². The highest BCUT2D eigenvalue weighted by Crippen LogP contribution is 2.46. The topological polar surface area (TPSA) is 100.0 Å². The number of aliphatic carboxylic acids is 2. The maximum atomic E-state index is 10.6. The van der Waals surface area contributed by atoms with Gasteiger partial charge in [0.25, 0.3) is 0 Å². The molecule has 1 aromatic carbocycles. The Morgan fingerprint density at radius 3 is 2.13 bits per heavy atom. The molecule has 3 heterocycles. The van der Waals surface area contributed by atoms with Crippen LogP contribution in [-0.4, -0.2) is 74.1 Å². The van der Waals surface area contributed by atoms with Gasteiger partial charge in [-0.15, -0.1) is 11.8 Å². The zero-order chi connectivity index (χ0) is 28.6. The van der Waals surface area contributed by atoms with Crippen LogP contribution in [0.2, 0.25) is 0 Å². The number of aromatic nitrogens is 1. The first-order valence-electron chi connectivity index (χ1n) is 11.1. The average molecular weight is 569 g/mol. The van der Waals surface area contributed by atoms with Gasteiger partial charge in [0.05, 0.1) is 12.7 Å². The van der Waals surface area contributed by atoms with Crippen molar-refractivity contribution in [2.45, 2.75) is 49.7 Å². The van der Waals surface area contributed by atoms with E-state index >= 15 is 0 Å². The maximum absolute atomic E-state index is 10.6. The molecular weight excluding hydrogens is 542 g/mol. The van der Waals surface area contributed by atoms with Gasteiger partial charge in [0.1, 0.15) is 0 Å². The Labute approximate surface area is 218 Å². The number of carboxylic acids is 2. The summed E-state index contributed by atoms with van der Waals surface area (Å²) in [4.78, 5) is 24.5. The number of likely N-dealkylation sites (tertiary alicyclic amines) is 1. The second-order valence-corrected chi connectivity index (χ2v) is 10.2. The molecule has 0 radical (unpaired) electrons. The second-order valence-electron chi connectivity index (χ2n) is 8.73. The molecule has 14 heteroatoms. The SMILES string of the molecule is Cc1cccc(CN2CC3(CC(OCc4cccnc4)CS3)C2)c1.O=C(O)C(F)(F)F.O=C(O)C(F)(F)F. The summed E-state index contributed by atoms with van der Waals surface area (Å²) in [6, 6.07) is 12.9. The van der Waals surface area contributed by atoms with Gasteiger partial charge < -0.3 is 14.9 Å². The molecule has 210 valence electrons. The minimum absolute atomic E-state index is 0.385. The molecule has 38 heavy (non-hydrogen) atoms. The molecule has 1 aromatic heterocycles. The predicted octanol–water partition coefficient (Wildman–Crippen LogP) is 4.93. The summed E-state index contributed by atoms with van der Waals surface area (Å²) in [5.74, 6) is -4.39. The van der Waals surface area contributed by atoms with Crippen molar-refractivity contribution >= 4 is 23.7 Å². The predicted molar refractivity (Wildman–Crippen MR) is 126 cm³/mol. The van der Waals surface area contributed by atoms with E-state index in [0.29, 0.717) is 17.5 Å². The Hall–Kier alpha value is -2.84. The number of pyridine rings is 1. The number of hydrogen-bond acceptors (Lipinski definition) is 6. The zero-order valence-corrected chi connectivity index (χ0v) is 20.9. The van der Waals surface area contributed by atoms with Crippen molar-refractivity contribution in [2.24, 2.45) is 0 Å². The molecule has 2 saturated heterocycles. The van der Waals surface area contributed by atoms with E-state index in [2.05, 4.69) is 58.9 Å². The summed E-state index contributed by atoms with van der Waals surface area (Å²) >= 11 is 2.11. The number of hydrogen-bond donors (Lipinski definition) is 2.